The average molecular weight is 921 g/mol. The summed E-state index contributed by atoms with van der Waals surface area (Å²) in [6.45, 7) is 7.15. The maximum atomic E-state index is 16.2. The number of carbonyl (C=O) groups is 2. The molecule has 4 unspecified atom stereocenters. The van der Waals surface area contributed by atoms with Crippen molar-refractivity contribution < 1.29 is 37.3 Å². The van der Waals surface area contributed by atoms with Crippen LogP contribution in [-0.4, -0.2) is 128 Å². The van der Waals surface area contributed by atoms with Crippen molar-refractivity contribution in [3.8, 4) is 0 Å². The fourth-order valence-electron chi connectivity index (χ4n) is 11.1. The molecule has 10 rings (SSSR count). The summed E-state index contributed by atoms with van der Waals surface area (Å²) in [5.41, 5.74) is 3.34. The highest BCUT2D eigenvalue weighted by Crippen LogP contribution is 2.53. The zero-order valence-corrected chi connectivity index (χ0v) is 37.6. The number of piperidine rings is 3. The summed E-state index contributed by atoms with van der Waals surface area (Å²) < 4.78 is 49.7. The van der Waals surface area contributed by atoms with E-state index in [0.29, 0.717) is 89.4 Å². The Morgan fingerprint density at radius 3 is 2.47 bits per heavy atom. The SMILES string of the molecule is Cc1cc(S(=O)(=O)C2CC3(CCN(CC4CCN(c5ccc6c(c5F)N(C)C(O)N6C5CCC(=O)NC5=O)CC4)CC3)C2)ccc1Nc1ncc2c(n1)N(C1CCOC1)C(O)C(Cl)=C2. The number of nitrogens with zero attached hydrogens (tertiary/aromatic N) is 7. The van der Waals surface area contributed by atoms with Gasteiger partial charge in [0.15, 0.2) is 21.9 Å². The number of aliphatic hydroxyl groups is 2. The minimum Gasteiger partial charge on any atom is -0.379 e. The molecule has 2 aromatic carbocycles. The van der Waals surface area contributed by atoms with Crippen LogP contribution < -0.4 is 30.2 Å². The van der Waals surface area contributed by atoms with Gasteiger partial charge in [-0.1, -0.05) is 11.6 Å². The number of sulfone groups is 1. The van der Waals surface area contributed by atoms with Crippen molar-refractivity contribution in [1.29, 1.82) is 0 Å². The molecule has 7 heterocycles. The van der Waals surface area contributed by atoms with Crippen LogP contribution in [0.1, 0.15) is 68.9 Å². The van der Waals surface area contributed by atoms with Crippen molar-refractivity contribution in [2.24, 2.45) is 11.3 Å². The molecule has 19 heteroatoms. The lowest BCUT2D eigenvalue weighted by Gasteiger charge is -2.52. The summed E-state index contributed by atoms with van der Waals surface area (Å²) in [6, 6.07) is 7.80. The number of aliphatic hydroxyl groups excluding tert-OH is 2. The summed E-state index contributed by atoms with van der Waals surface area (Å²) in [6.07, 6.45) is 7.31. The van der Waals surface area contributed by atoms with E-state index in [-0.39, 0.29) is 35.9 Å². The standard InChI is InChI=1S/C45H55ClFN9O7S/c1-26-19-30(3-4-33(26)49-43-48-23-28-20-32(46)42(59)55(40(28)51-43)29-11-18-63-25-29)64(61,62)31-21-45(22-31)12-16-53(17-13-45)24-27-9-14-54(15-10-27)34-5-6-35-39(38(34)47)52(2)44(60)56(35)36-7-8-37(57)50-41(36)58/h3-6,19-20,23,27,29,31,36,42,44,59-60H,7-18,21-22,24-25H2,1-2H3,(H,48,49,51)(H,50,57,58). The van der Waals surface area contributed by atoms with Crippen LogP contribution in [0.15, 0.2) is 46.5 Å². The third kappa shape index (κ3) is 7.66. The van der Waals surface area contributed by atoms with E-state index < -0.39 is 45.4 Å². The Morgan fingerprint density at radius 2 is 1.77 bits per heavy atom. The van der Waals surface area contributed by atoms with Crippen LogP contribution in [0.25, 0.3) is 6.08 Å². The molecule has 1 aromatic heterocycles. The van der Waals surface area contributed by atoms with Gasteiger partial charge in [0.25, 0.3) is 0 Å². The van der Waals surface area contributed by atoms with Crippen LogP contribution in [0.5, 0.6) is 0 Å². The molecule has 5 fully saturated rings. The molecule has 4 saturated heterocycles. The van der Waals surface area contributed by atoms with Gasteiger partial charge in [-0.25, -0.2) is 17.8 Å². The van der Waals surface area contributed by atoms with Crippen molar-refractivity contribution in [2.45, 2.75) is 99.5 Å². The minimum absolute atomic E-state index is 0.0447. The van der Waals surface area contributed by atoms with E-state index in [1.807, 2.05) is 6.92 Å². The molecule has 0 bridgehead atoms. The molecule has 4 N–H and O–H groups in total. The van der Waals surface area contributed by atoms with Crippen LogP contribution in [-0.2, 0) is 24.2 Å². The van der Waals surface area contributed by atoms with Gasteiger partial charge in [-0.2, -0.15) is 4.98 Å². The monoisotopic (exact) mass is 919 g/mol. The molecule has 64 heavy (non-hydrogen) atoms. The van der Waals surface area contributed by atoms with Gasteiger partial charge in [-0.15, -0.1) is 0 Å². The number of fused-ring (bicyclic) bond motifs is 2. The van der Waals surface area contributed by atoms with Gasteiger partial charge in [-0.3, -0.25) is 14.9 Å². The molecule has 1 spiro atoms. The maximum absolute atomic E-state index is 16.2. The van der Waals surface area contributed by atoms with E-state index in [1.54, 1.807) is 54.6 Å². The number of carbonyl (C=O) groups excluding carboxylic acids is 2. The topological polar surface area (TPSA) is 184 Å². The fraction of sp³-hybridized carbons (Fsp3) is 0.556. The number of rotatable bonds is 9. The second-order valence-electron chi connectivity index (χ2n) is 18.8. The number of ether oxygens (including phenoxy) is 1. The van der Waals surface area contributed by atoms with E-state index in [9.17, 15) is 28.2 Å². The summed E-state index contributed by atoms with van der Waals surface area (Å²) in [4.78, 5) is 43.2. The van der Waals surface area contributed by atoms with Crippen molar-refractivity contribution in [3.63, 3.8) is 0 Å². The molecule has 6 aliphatic heterocycles. The zero-order valence-electron chi connectivity index (χ0n) is 36.0. The number of aryl methyl sites for hydroxylation is 1. The van der Waals surface area contributed by atoms with Crippen molar-refractivity contribution in [3.05, 3.63) is 58.5 Å². The number of anilines is 6. The van der Waals surface area contributed by atoms with Gasteiger partial charge >= 0.3 is 0 Å². The molecule has 0 radical (unpaired) electrons. The zero-order chi connectivity index (χ0) is 44.7. The van der Waals surface area contributed by atoms with Crippen molar-refractivity contribution >= 4 is 73.8 Å². The summed E-state index contributed by atoms with van der Waals surface area (Å²) in [7, 11) is -1.92. The Morgan fingerprint density at radius 1 is 1.02 bits per heavy atom. The molecule has 342 valence electrons. The molecule has 2 amide bonds. The van der Waals surface area contributed by atoms with Crippen LogP contribution >= 0.6 is 11.6 Å². The van der Waals surface area contributed by atoms with E-state index in [0.717, 1.165) is 57.3 Å². The van der Waals surface area contributed by atoms with Crippen LogP contribution in [0.4, 0.5) is 38.9 Å². The molecule has 4 atom stereocenters. The Balaban J connectivity index is 0.710. The van der Waals surface area contributed by atoms with E-state index >= 15 is 4.39 Å². The largest absolute Gasteiger partial charge is 0.379 e. The fourth-order valence-corrected chi connectivity index (χ4v) is 13.5. The van der Waals surface area contributed by atoms with Crippen LogP contribution in [0.2, 0.25) is 0 Å². The van der Waals surface area contributed by atoms with Crippen molar-refractivity contribution in [2.75, 3.05) is 77.9 Å². The van der Waals surface area contributed by atoms with E-state index in [4.69, 9.17) is 21.3 Å². The number of nitrogens with one attached hydrogen (secondary N) is 2. The molecule has 3 aromatic rings. The van der Waals surface area contributed by atoms with Crippen LogP contribution in [0, 0.1) is 24.1 Å². The van der Waals surface area contributed by atoms with Gasteiger partial charge in [0.1, 0.15) is 17.5 Å². The van der Waals surface area contributed by atoms with Gasteiger partial charge in [0.2, 0.25) is 24.1 Å². The Labute approximate surface area is 377 Å². The van der Waals surface area contributed by atoms with E-state index in [1.165, 1.54) is 9.80 Å². The smallest absolute Gasteiger partial charge is 0.249 e. The maximum Gasteiger partial charge on any atom is 0.249 e. The van der Waals surface area contributed by atoms with Crippen LogP contribution in [0.3, 0.4) is 0 Å². The number of halogens is 2. The number of imide groups is 1. The van der Waals surface area contributed by atoms with Gasteiger partial charge in [-0.05, 0) is 125 Å². The number of hydrogen-bond acceptors (Lipinski definition) is 15. The summed E-state index contributed by atoms with van der Waals surface area (Å²) >= 11 is 6.37. The number of benzene rings is 2. The first-order valence-electron chi connectivity index (χ1n) is 22.4. The first-order chi connectivity index (χ1) is 30.7. The molecule has 16 nitrogen and oxygen atoms in total. The Kier molecular flexibility index (Phi) is 11.3. The highest BCUT2D eigenvalue weighted by molar-refractivity contribution is 7.92. The normalized spacial score (nSPS) is 26.5. The third-order valence-corrected chi connectivity index (χ3v) is 17.3. The predicted octanol–water partition coefficient (Wildman–Crippen LogP) is 4.45. The molecular formula is C45H55ClFN9O7S. The lowest BCUT2D eigenvalue weighted by atomic mass is 9.63. The number of amides is 2. The predicted molar refractivity (Wildman–Crippen MR) is 241 cm³/mol. The minimum atomic E-state index is -3.53. The molecule has 1 aliphatic carbocycles. The highest BCUT2D eigenvalue weighted by atomic mass is 35.5. The molecule has 1 saturated carbocycles. The van der Waals surface area contributed by atoms with Crippen molar-refractivity contribution in [1.82, 2.24) is 20.2 Å². The Hall–Kier alpha value is -4.59. The average Bonchev–Trinajstić information content (AvgIpc) is 3.88. The highest BCUT2D eigenvalue weighted by Gasteiger charge is 2.51. The number of aromatic nitrogens is 2. The lowest BCUT2D eigenvalue weighted by molar-refractivity contribution is -0.134. The number of likely N-dealkylation sites (tertiary alicyclic amines) is 1. The number of hydrogen-bond donors (Lipinski definition) is 4. The van der Waals surface area contributed by atoms with Gasteiger partial charge in [0, 0.05) is 57.2 Å². The summed E-state index contributed by atoms with van der Waals surface area (Å²) in [5.74, 6) is 0.0759. The first-order valence-corrected chi connectivity index (χ1v) is 24.3. The summed E-state index contributed by atoms with van der Waals surface area (Å²) in [5, 5.41) is 27.4. The second kappa shape index (κ2) is 16.7. The van der Waals surface area contributed by atoms with Gasteiger partial charge in [0.05, 0.1) is 39.2 Å². The second-order valence-corrected chi connectivity index (χ2v) is 21.5. The third-order valence-electron chi connectivity index (χ3n) is 14.9. The molecular weight excluding hydrogens is 865 g/mol. The first kappa shape index (κ1) is 43.3. The molecule has 7 aliphatic rings. The Bertz CT molecular complexity index is 2480. The van der Waals surface area contributed by atoms with Gasteiger partial charge < -0.3 is 44.8 Å². The lowest BCUT2D eigenvalue weighted by Crippen LogP contribution is -2.56. The van der Waals surface area contributed by atoms with E-state index in [2.05, 4.69) is 25.4 Å². The quantitative estimate of drug-likeness (QED) is 0.221.